The predicted molar refractivity (Wildman–Crippen MR) is 94.2 cm³/mol. The van der Waals surface area contributed by atoms with E-state index in [9.17, 15) is 18.8 Å². The van der Waals surface area contributed by atoms with E-state index in [1.54, 1.807) is 38.4 Å². The Hall–Kier alpha value is -3.22. The largest absolute Gasteiger partial charge is 0.455 e. The fourth-order valence-corrected chi connectivity index (χ4v) is 2.12. The van der Waals surface area contributed by atoms with Crippen LogP contribution in [0.2, 0.25) is 0 Å². The smallest absolute Gasteiger partial charge is 0.310 e. The molecule has 0 aliphatic rings. The first-order chi connectivity index (χ1) is 12.3. The van der Waals surface area contributed by atoms with Gasteiger partial charge in [0.2, 0.25) is 0 Å². The average molecular weight is 358 g/mol. The Morgan fingerprint density at radius 2 is 1.62 bits per heavy atom. The summed E-state index contributed by atoms with van der Waals surface area (Å²) < 4.78 is 17.7. The molecule has 1 N–H and O–H groups in total. The summed E-state index contributed by atoms with van der Waals surface area (Å²) in [6.07, 6.45) is -0.0467. The van der Waals surface area contributed by atoms with Crippen LogP contribution in [0.5, 0.6) is 0 Å². The molecule has 2 aromatic carbocycles. The third kappa shape index (κ3) is 5.70. The quantitative estimate of drug-likeness (QED) is 0.804. The number of nitrogens with one attached hydrogen (secondary N) is 1. The van der Waals surface area contributed by atoms with Crippen LogP contribution in [0.25, 0.3) is 0 Å². The molecule has 0 fully saturated rings. The number of amides is 2. The lowest BCUT2D eigenvalue weighted by Crippen LogP contribution is -2.22. The van der Waals surface area contributed by atoms with Gasteiger partial charge in [-0.25, -0.2) is 4.39 Å². The first-order valence-corrected chi connectivity index (χ1v) is 7.87. The van der Waals surface area contributed by atoms with Crippen molar-refractivity contribution in [2.45, 2.75) is 6.42 Å². The molecule has 0 aliphatic heterocycles. The summed E-state index contributed by atoms with van der Waals surface area (Å²) >= 11 is 0. The highest BCUT2D eigenvalue weighted by molar-refractivity contribution is 5.96. The van der Waals surface area contributed by atoms with Gasteiger partial charge < -0.3 is 15.0 Å². The van der Waals surface area contributed by atoms with E-state index in [0.29, 0.717) is 16.8 Å². The summed E-state index contributed by atoms with van der Waals surface area (Å²) in [5, 5.41) is 2.57. The van der Waals surface area contributed by atoms with E-state index >= 15 is 0 Å². The summed E-state index contributed by atoms with van der Waals surface area (Å²) in [6.45, 7) is -0.432. The first-order valence-electron chi connectivity index (χ1n) is 7.87. The Bertz CT molecular complexity index is 786. The van der Waals surface area contributed by atoms with Crippen molar-refractivity contribution in [2.24, 2.45) is 0 Å². The SMILES string of the molecule is CN(C)C(=O)c1ccc(NC(=O)COC(=O)Cc2ccc(F)cc2)cc1. The fraction of sp³-hybridized carbons (Fsp3) is 0.211. The number of hydrogen-bond acceptors (Lipinski definition) is 4. The van der Waals surface area contributed by atoms with Gasteiger partial charge in [0.25, 0.3) is 11.8 Å². The van der Waals surface area contributed by atoms with E-state index in [4.69, 9.17) is 4.74 Å². The number of esters is 1. The highest BCUT2D eigenvalue weighted by atomic mass is 19.1. The van der Waals surface area contributed by atoms with Crippen molar-refractivity contribution in [1.82, 2.24) is 4.90 Å². The molecule has 0 atom stereocenters. The Balaban J connectivity index is 1.80. The molecule has 0 saturated heterocycles. The molecule has 2 rings (SSSR count). The van der Waals surface area contributed by atoms with E-state index in [-0.39, 0.29) is 18.1 Å². The van der Waals surface area contributed by atoms with E-state index < -0.39 is 18.5 Å². The Morgan fingerprint density at radius 1 is 1.00 bits per heavy atom. The second-order valence-electron chi connectivity index (χ2n) is 5.79. The molecule has 0 unspecified atom stereocenters. The summed E-state index contributed by atoms with van der Waals surface area (Å²) in [5.41, 5.74) is 1.58. The first kappa shape index (κ1) is 19.1. The van der Waals surface area contributed by atoms with E-state index in [0.717, 1.165) is 0 Å². The molecular weight excluding hydrogens is 339 g/mol. The molecular formula is C19H19FN2O4. The van der Waals surface area contributed by atoms with Crippen LogP contribution in [-0.4, -0.2) is 43.4 Å². The zero-order valence-corrected chi connectivity index (χ0v) is 14.5. The average Bonchev–Trinajstić information content (AvgIpc) is 2.62. The van der Waals surface area contributed by atoms with Crippen molar-refractivity contribution in [3.05, 3.63) is 65.5 Å². The van der Waals surface area contributed by atoms with Crippen LogP contribution in [0, 0.1) is 5.82 Å². The van der Waals surface area contributed by atoms with Crippen molar-refractivity contribution in [3.63, 3.8) is 0 Å². The summed E-state index contributed by atoms with van der Waals surface area (Å²) in [5.74, 6) is -1.61. The molecule has 0 heterocycles. The van der Waals surface area contributed by atoms with Gasteiger partial charge in [-0.1, -0.05) is 12.1 Å². The monoisotopic (exact) mass is 358 g/mol. The zero-order chi connectivity index (χ0) is 19.1. The fourth-order valence-electron chi connectivity index (χ4n) is 2.12. The van der Waals surface area contributed by atoms with Crippen molar-refractivity contribution in [1.29, 1.82) is 0 Å². The number of carbonyl (C=O) groups excluding carboxylic acids is 3. The number of rotatable bonds is 6. The van der Waals surface area contributed by atoms with Gasteiger partial charge in [-0.05, 0) is 42.0 Å². The van der Waals surface area contributed by atoms with Crippen LogP contribution >= 0.6 is 0 Å². The minimum Gasteiger partial charge on any atom is -0.455 e. The normalized spacial score (nSPS) is 10.1. The minimum absolute atomic E-state index is 0.0467. The lowest BCUT2D eigenvalue weighted by atomic mass is 10.1. The minimum atomic E-state index is -0.585. The summed E-state index contributed by atoms with van der Waals surface area (Å²) in [7, 11) is 3.30. The second-order valence-corrected chi connectivity index (χ2v) is 5.79. The zero-order valence-electron chi connectivity index (χ0n) is 14.5. The van der Waals surface area contributed by atoms with Gasteiger partial charge in [0.1, 0.15) is 5.82 Å². The van der Waals surface area contributed by atoms with E-state index in [1.165, 1.54) is 29.2 Å². The third-order valence-corrected chi connectivity index (χ3v) is 3.45. The van der Waals surface area contributed by atoms with Crippen molar-refractivity contribution < 1.29 is 23.5 Å². The lowest BCUT2D eigenvalue weighted by molar-refractivity contribution is -0.146. The maximum atomic E-state index is 12.8. The van der Waals surface area contributed by atoms with Crippen LogP contribution in [0.15, 0.2) is 48.5 Å². The maximum Gasteiger partial charge on any atom is 0.310 e. The molecule has 0 aliphatic carbocycles. The number of nitrogens with zero attached hydrogens (tertiary/aromatic N) is 1. The van der Waals surface area contributed by atoms with Crippen molar-refractivity contribution >= 4 is 23.5 Å². The Labute approximate surface area is 150 Å². The molecule has 0 spiro atoms. The molecule has 6 nitrogen and oxygen atoms in total. The van der Waals surface area contributed by atoms with Crippen LogP contribution in [0.3, 0.4) is 0 Å². The molecule has 0 radical (unpaired) electrons. The van der Waals surface area contributed by atoms with Crippen molar-refractivity contribution in [3.8, 4) is 0 Å². The number of hydrogen-bond donors (Lipinski definition) is 1. The number of ether oxygens (including phenoxy) is 1. The van der Waals surface area contributed by atoms with Crippen molar-refractivity contribution in [2.75, 3.05) is 26.0 Å². The van der Waals surface area contributed by atoms with Gasteiger partial charge in [0.05, 0.1) is 6.42 Å². The van der Waals surface area contributed by atoms with Gasteiger partial charge in [-0.3, -0.25) is 14.4 Å². The van der Waals surface area contributed by atoms with Crippen LogP contribution in [-0.2, 0) is 20.7 Å². The van der Waals surface area contributed by atoms with Crippen LogP contribution in [0.1, 0.15) is 15.9 Å². The Kier molecular flexibility index (Phi) is 6.43. The molecule has 0 bridgehead atoms. The van der Waals surface area contributed by atoms with Gasteiger partial charge in [-0.15, -0.1) is 0 Å². The molecule has 2 amide bonds. The van der Waals surface area contributed by atoms with Gasteiger partial charge >= 0.3 is 5.97 Å². The topological polar surface area (TPSA) is 75.7 Å². The second kappa shape index (κ2) is 8.75. The number of anilines is 1. The molecule has 0 saturated carbocycles. The van der Waals surface area contributed by atoms with Crippen LogP contribution < -0.4 is 5.32 Å². The maximum absolute atomic E-state index is 12.8. The standard InChI is InChI=1S/C19H19FN2O4/c1-22(2)19(25)14-5-9-16(10-6-14)21-17(23)12-26-18(24)11-13-3-7-15(20)8-4-13/h3-10H,11-12H2,1-2H3,(H,21,23). The molecule has 136 valence electrons. The number of carbonyl (C=O) groups is 3. The molecule has 0 aromatic heterocycles. The van der Waals surface area contributed by atoms with E-state index in [1.807, 2.05) is 0 Å². The van der Waals surface area contributed by atoms with Gasteiger partial charge in [0.15, 0.2) is 6.61 Å². The molecule has 26 heavy (non-hydrogen) atoms. The van der Waals surface area contributed by atoms with Gasteiger partial charge in [0, 0.05) is 25.3 Å². The number of benzene rings is 2. The third-order valence-electron chi connectivity index (χ3n) is 3.45. The lowest BCUT2D eigenvalue weighted by Gasteiger charge is -2.11. The highest BCUT2D eigenvalue weighted by Gasteiger charge is 2.11. The summed E-state index contributed by atoms with van der Waals surface area (Å²) in [6, 6.07) is 11.8. The summed E-state index contributed by atoms with van der Waals surface area (Å²) in [4.78, 5) is 36.8. The Morgan fingerprint density at radius 3 is 2.19 bits per heavy atom. The van der Waals surface area contributed by atoms with Crippen LogP contribution in [0.4, 0.5) is 10.1 Å². The number of halogens is 1. The van der Waals surface area contributed by atoms with E-state index in [2.05, 4.69) is 5.32 Å². The molecule has 2 aromatic rings. The molecule has 7 heteroatoms. The highest BCUT2D eigenvalue weighted by Crippen LogP contribution is 2.11. The van der Waals surface area contributed by atoms with Gasteiger partial charge in [-0.2, -0.15) is 0 Å². The predicted octanol–water partition coefficient (Wildman–Crippen LogP) is 2.25.